The van der Waals surface area contributed by atoms with Gasteiger partial charge in [0.15, 0.2) is 0 Å². The molecule has 0 unspecified atom stereocenters. The van der Waals surface area contributed by atoms with E-state index in [1.54, 1.807) is 37.3 Å². The summed E-state index contributed by atoms with van der Waals surface area (Å²) in [5, 5.41) is 0. The Hall–Kier alpha value is -2.05. The van der Waals surface area contributed by atoms with E-state index >= 15 is 0 Å². The van der Waals surface area contributed by atoms with Crippen molar-refractivity contribution in [3.63, 3.8) is 0 Å². The van der Waals surface area contributed by atoms with Crippen LogP contribution in [0.25, 0.3) is 5.52 Å². The van der Waals surface area contributed by atoms with Gasteiger partial charge >= 0.3 is 6.18 Å². The van der Waals surface area contributed by atoms with Crippen molar-refractivity contribution in [2.24, 2.45) is 0 Å². The van der Waals surface area contributed by atoms with E-state index in [2.05, 4.69) is 4.98 Å². The lowest BCUT2D eigenvalue weighted by Crippen LogP contribution is -2.23. The third kappa shape index (κ3) is 1.92. The fraction of sp³-hybridized carbons (Fsp3) is 0.273. The van der Waals surface area contributed by atoms with Crippen LogP contribution in [0.2, 0.25) is 0 Å². The molecular weight excluding hydrogens is 247 g/mol. The number of imidazole rings is 1. The first-order valence-electron chi connectivity index (χ1n) is 5.08. The molecule has 2 aromatic heterocycles. The Morgan fingerprint density at radius 2 is 2.00 bits per heavy atom. The Balaban J connectivity index is 2.69. The van der Waals surface area contributed by atoms with Crippen molar-refractivity contribution in [1.82, 2.24) is 9.38 Å². The molecule has 0 aliphatic carbocycles. The molecule has 0 fully saturated rings. The molecular formula is C11H10F3N3O. The molecule has 0 atom stereocenters. The maximum Gasteiger partial charge on any atom is 0.456 e. The minimum Gasteiger partial charge on any atom is -0.348 e. The molecule has 7 heteroatoms. The summed E-state index contributed by atoms with van der Waals surface area (Å²) in [5.41, 5.74) is -0.435. The largest absolute Gasteiger partial charge is 0.456 e. The molecule has 0 spiro atoms. The smallest absolute Gasteiger partial charge is 0.348 e. The molecule has 0 amide bonds. The van der Waals surface area contributed by atoms with Crippen LogP contribution in [0, 0.1) is 0 Å². The Kier molecular flexibility index (Phi) is 2.76. The van der Waals surface area contributed by atoms with Crippen molar-refractivity contribution in [1.29, 1.82) is 0 Å². The second-order valence-electron chi connectivity index (χ2n) is 3.94. The van der Waals surface area contributed by atoms with E-state index in [1.807, 2.05) is 0 Å². The average molecular weight is 257 g/mol. The van der Waals surface area contributed by atoms with E-state index in [1.165, 1.54) is 10.5 Å². The van der Waals surface area contributed by atoms with Crippen LogP contribution in [0.15, 0.2) is 24.4 Å². The number of rotatable bonds is 2. The average Bonchev–Trinajstić information content (AvgIpc) is 2.66. The SMILES string of the molecule is CN(C)c1nc(C(=O)C(F)(F)F)c2ccccn12. The van der Waals surface area contributed by atoms with Crippen molar-refractivity contribution in [3.05, 3.63) is 30.1 Å². The summed E-state index contributed by atoms with van der Waals surface area (Å²) in [7, 11) is 3.28. The first-order chi connectivity index (χ1) is 8.32. The van der Waals surface area contributed by atoms with Crippen LogP contribution < -0.4 is 4.90 Å². The number of aromatic nitrogens is 2. The highest BCUT2D eigenvalue weighted by atomic mass is 19.4. The molecule has 0 saturated carbocycles. The maximum absolute atomic E-state index is 12.5. The normalized spacial score (nSPS) is 11.8. The van der Waals surface area contributed by atoms with Crippen LogP contribution >= 0.6 is 0 Å². The van der Waals surface area contributed by atoms with E-state index in [0.29, 0.717) is 0 Å². The Morgan fingerprint density at radius 3 is 2.56 bits per heavy atom. The van der Waals surface area contributed by atoms with Gasteiger partial charge in [-0.25, -0.2) is 4.98 Å². The zero-order valence-electron chi connectivity index (χ0n) is 9.69. The molecule has 2 rings (SSSR count). The van der Waals surface area contributed by atoms with E-state index in [9.17, 15) is 18.0 Å². The van der Waals surface area contributed by atoms with Crippen LogP contribution in [-0.4, -0.2) is 35.4 Å². The quantitative estimate of drug-likeness (QED) is 0.773. The van der Waals surface area contributed by atoms with Crippen LogP contribution in [0.5, 0.6) is 0 Å². The minimum atomic E-state index is -4.92. The van der Waals surface area contributed by atoms with Crippen LogP contribution in [0.4, 0.5) is 19.1 Å². The predicted octanol–water partition coefficient (Wildman–Crippen LogP) is 2.15. The number of fused-ring (bicyclic) bond motifs is 1. The molecule has 0 aromatic carbocycles. The number of alkyl halides is 3. The van der Waals surface area contributed by atoms with E-state index < -0.39 is 17.7 Å². The van der Waals surface area contributed by atoms with Crippen LogP contribution in [0.1, 0.15) is 10.5 Å². The highest BCUT2D eigenvalue weighted by Crippen LogP contribution is 2.26. The molecule has 0 aliphatic rings. The van der Waals surface area contributed by atoms with Gasteiger partial charge in [-0.2, -0.15) is 13.2 Å². The lowest BCUT2D eigenvalue weighted by Gasteiger charge is -2.09. The van der Waals surface area contributed by atoms with Gasteiger partial charge in [0.05, 0.1) is 5.52 Å². The lowest BCUT2D eigenvalue weighted by atomic mass is 10.2. The van der Waals surface area contributed by atoms with Gasteiger partial charge < -0.3 is 4.90 Å². The number of hydrogen-bond acceptors (Lipinski definition) is 3. The highest BCUT2D eigenvalue weighted by molar-refractivity contribution is 6.04. The van der Waals surface area contributed by atoms with Gasteiger partial charge in [0.25, 0.3) is 5.78 Å². The zero-order valence-corrected chi connectivity index (χ0v) is 9.69. The standard InChI is InChI=1S/C11H10F3N3O/c1-16(2)10-15-8(9(18)11(12,13)14)7-5-3-4-6-17(7)10/h3-6H,1-2H3. The molecule has 18 heavy (non-hydrogen) atoms. The summed E-state index contributed by atoms with van der Waals surface area (Å²) in [6.07, 6.45) is -3.36. The fourth-order valence-electron chi connectivity index (χ4n) is 1.64. The molecule has 2 heterocycles. The minimum absolute atomic E-state index is 0.142. The number of anilines is 1. The monoisotopic (exact) mass is 257 g/mol. The molecule has 0 radical (unpaired) electrons. The second-order valence-corrected chi connectivity index (χ2v) is 3.94. The predicted molar refractivity (Wildman–Crippen MR) is 59.9 cm³/mol. The third-order valence-corrected chi connectivity index (χ3v) is 2.40. The number of carbonyl (C=O) groups is 1. The zero-order chi connectivity index (χ0) is 13.5. The number of ketones is 1. The van der Waals surface area contributed by atoms with E-state index in [-0.39, 0.29) is 11.5 Å². The number of Topliss-reactive ketones (excluding diaryl/α,β-unsaturated/α-hetero) is 1. The van der Waals surface area contributed by atoms with Gasteiger partial charge in [-0.1, -0.05) is 6.07 Å². The fourth-order valence-corrected chi connectivity index (χ4v) is 1.64. The van der Waals surface area contributed by atoms with Crippen molar-refractivity contribution >= 4 is 17.2 Å². The molecule has 0 N–H and O–H groups in total. The van der Waals surface area contributed by atoms with Crippen molar-refractivity contribution < 1.29 is 18.0 Å². The Bertz CT molecular complexity index is 601. The van der Waals surface area contributed by atoms with Crippen molar-refractivity contribution in [2.75, 3.05) is 19.0 Å². The first kappa shape index (κ1) is 12.4. The van der Waals surface area contributed by atoms with Gasteiger partial charge in [-0.15, -0.1) is 0 Å². The topological polar surface area (TPSA) is 37.6 Å². The number of carbonyl (C=O) groups excluding carboxylic acids is 1. The summed E-state index contributed by atoms with van der Waals surface area (Å²) in [6.45, 7) is 0. The maximum atomic E-state index is 12.5. The summed E-state index contributed by atoms with van der Waals surface area (Å²) in [4.78, 5) is 16.6. The lowest BCUT2D eigenvalue weighted by molar-refractivity contribution is -0.0886. The third-order valence-electron chi connectivity index (χ3n) is 2.40. The van der Waals surface area contributed by atoms with Gasteiger partial charge in [0, 0.05) is 20.3 Å². The molecule has 96 valence electrons. The van der Waals surface area contributed by atoms with Crippen molar-refractivity contribution in [2.45, 2.75) is 6.18 Å². The summed E-state index contributed by atoms with van der Waals surface area (Å²) >= 11 is 0. The molecule has 2 aromatic rings. The summed E-state index contributed by atoms with van der Waals surface area (Å²) in [6, 6.07) is 4.64. The van der Waals surface area contributed by atoms with Gasteiger partial charge in [-0.05, 0) is 12.1 Å². The summed E-state index contributed by atoms with van der Waals surface area (Å²) in [5.74, 6) is -1.66. The van der Waals surface area contributed by atoms with Gasteiger partial charge in [0.1, 0.15) is 5.69 Å². The molecule has 4 nitrogen and oxygen atoms in total. The Morgan fingerprint density at radius 1 is 1.33 bits per heavy atom. The summed E-state index contributed by atoms with van der Waals surface area (Å²) < 4.78 is 38.8. The number of pyridine rings is 1. The van der Waals surface area contributed by atoms with E-state index in [4.69, 9.17) is 0 Å². The molecule has 0 saturated heterocycles. The Labute approximate surface area is 101 Å². The van der Waals surface area contributed by atoms with Crippen LogP contribution in [-0.2, 0) is 0 Å². The van der Waals surface area contributed by atoms with Crippen molar-refractivity contribution in [3.8, 4) is 0 Å². The van der Waals surface area contributed by atoms with Crippen LogP contribution in [0.3, 0.4) is 0 Å². The molecule has 0 aliphatic heterocycles. The first-order valence-corrected chi connectivity index (χ1v) is 5.08. The van der Waals surface area contributed by atoms with Gasteiger partial charge in [0.2, 0.25) is 5.95 Å². The number of nitrogens with zero attached hydrogens (tertiary/aromatic N) is 3. The number of hydrogen-bond donors (Lipinski definition) is 0. The molecule has 0 bridgehead atoms. The highest BCUT2D eigenvalue weighted by Gasteiger charge is 2.42. The number of halogens is 3. The second kappa shape index (κ2) is 4.01. The van der Waals surface area contributed by atoms with Gasteiger partial charge in [-0.3, -0.25) is 9.20 Å². The van der Waals surface area contributed by atoms with E-state index in [0.717, 1.165) is 0 Å².